The quantitative estimate of drug-likeness (QED) is 0.783. The Balaban J connectivity index is 1.84. The fraction of sp³-hybridized carbons (Fsp3) is 0.353. The number of benzene rings is 1. The maximum Gasteiger partial charge on any atom is 0.125 e. The van der Waals surface area contributed by atoms with Gasteiger partial charge in [0.15, 0.2) is 0 Å². The molecule has 2 rings (SSSR count). The Kier molecular flexibility index (Phi) is 6.03. The molecular weight excluding hydrogens is 264 g/mol. The lowest BCUT2D eigenvalue weighted by Gasteiger charge is -2.08. The Morgan fingerprint density at radius 3 is 2.48 bits per heavy atom. The first-order valence-corrected chi connectivity index (χ1v) is 7.33. The van der Waals surface area contributed by atoms with Crippen molar-refractivity contribution >= 4 is 5.82 Å². The summed E-state index contributed by atoms with van der Waals surface area (Å²) in [6.45, 7) is 3.73. The second-order valence-corrected chi connectivity index (χ2v) is 4.88. The van der Waals surface area contributed by atoms with E-state index in [0.29, 0.717) is 13.0 Å². The summed E-state index contributed by atoms with van der Waals surface area (Å²) in [6.07, 6.45) is 3.59. The molecule has 0 amide bonds. The van der Waals surface area contributed by atoms with Gasteiger partial charge in [-0.25, -0.2) is 4.98 Å². The van der Waals surface area contributed by atoms with Crippen LogP contribution >= 0.6 is 0 Å². The number of aliphatic hydroxyl groups is 1. The second kappa shape index (κ2) is 8.27. The Bertz CT molecular complexity index is 523. The van der Waals surface area contributed by atoms with Crippen molar-refractivity contribution in [1.82, 2.24) is 4.98 Å². The number of rotatable bonds is 8. The van der Waals surface area contributed by atoms with E-state index in [9.17, 15) is 0 Å². The van der Waals surface area contributed by atoms with Gasteiger partial charge in [0.1, 0.15) is 18.2 Å². The van der Waals surface area contributed by atoms with Gasteiger partial charge in [0.25, 0.3) is 0 Å². The predicted octanol–water partition coefficient (Wildman–Crippen LogP) is 3.02. The monoisotopic (exact) mass is 286 g/mol. The molecule has 0 atom stereocenters. The Morgan fingerprint density at radius 2 is 1.86 bits per heavy atom. The van der Waals surface area contributed by atoms with Crippen LogP contribution in [0.15, 0.2) is 42.6 Å². The van der Waals surface area contributed by atoms with E-state index in [1.165, 1.54) is 0 Å². The van der Waals surface area contributed by atoms with Crippen molar-refractivity contribution in [2.24, 2.45) is 0 Å². The molecule has 0 spiro atoms. The molecule has 2 aromatic rings. The van der Waals surface area contributed by atoms with Crippen molar-refractivity contribution in [1.29, 1.82) is 0 Å². The number of anilines is 1. The van der Waals surface area contributed by atoms with Crippen LogP contribution in [0.25, 0.3) is 0 Å². The van der Waals surface area contributed by atoms with Gasteiger partial charge in [-0.05, 0) is 36.6 Å². The van der Waals surface area contributed by atoms with Crippen LogP contribution in [0.3, 0.4) is 0 Å². The van der Waals surface area contributed by atoms with Crippen LogP contribution in [0, 0.1) is 0 Å². The summed E-state index contributed by atoms with van der Waals surface area (Å²) in [5.74, 6) is 1.72. The first-order valence-electron chi connectivity index (χ1n) is 7.33. The van der Waals surface area contributed by atoms with Crippen LogP contribution in [-0.4, -0.2) is 23.2 Å². The summed E-state index contributed by atoms with van der Waals surface area (Å²) in [5.41, 5.74) is 2.15. The second-order valence-electron chi connectivity index (χ2n) is 4.88. The fourth-order valence-electron chi connectivity index (χ4n) is 1.92. The van der Waals surface area contributed by atoms with Crippen molar-refractivity contribution in [3.05, 3.63) is 53.7 Å². The molecule has 1 aromatic heterocycles. The van der Waals surface area contributed by atoms with Crippen LogP contribution in [0.2, 0.25) is 0 Å². The molecule has 112 valence electrons. The van der Waals surface area contributed by atoms with Crippen molar-refractivity contribution < 1.29 is 9.84 Å². The van der Waals surface area contributed by atoms with Gasteiger partial charge in [0.2, 0.25) is 0 Å². The minimum atomic E-state index is 0.171. The highest BCUT2D eigenvalue weighted by Gasteiger charge is 1.99. The Hall–Kier alpha value is -2.07. The third kappa shape index (κ3) is 5.08. The van der Waals surface area contributed by atoms with Crippen LogP contribution in [-0.2, 0) is 13.0 Å². The van der Waals surface area contributed by atoms with Crippen LogP contribution in [0.1, 0.15) is 24.5 Å². The van der Waals surface area contributed by atoms with Crippen LogP contribution in [0.5, 0.6) is 5.75 Å². The average molecular weight is 286 g/mol. The highest BCUT2D eigenvalue weighted by molar-refractivity contribution is 5.35. The first-order chi connectivity index (χ1) is 10.3. The largest absolute Gasteiger partial charge is 0.489 e. The molecule has 0 saturated carbocycles. The molecule has 0 aliphatic carbocycles. The van der Waals surface area contributed by atoms with Gasteiger partial charge >= 0.3 is 0 Å². The molecule has 0 aliphatic rings. The van der Waals surface area contributed by atoms with Gasteiger partial charge in [-0.2, -0.15) is 0 Å². The summed E-state index contributed by atoms with van der Waals surface area (Å²) in [7, 11) is 0. The molecule has 4 nitrogen and oxygen atoms in total. The third-order valence-electron chi connectivity index (χ3n) is 3.11. The van der Waals surface area contributed by atoms with Crippen LogP contribution < -0.4 is 10.1 Å². The number of pyridine rings is 1. The van der Waals surface area contributed by atoms with Crippen molar-refractivity contribution in [3.8, 4) is 5.75 Å². The van der Waals surface area contributed by atoms with Gasteiger partial charge < -0.3 is 15.2 Å². The maximum absolute atomic E-state index is 8.87. The third-order valence-corrected chi connectivity index (χ3v) is 3.11. The lowest BCUT2D eigenvalue weighted by atomic mass is 10.1. The van der Waals surface area contributed by atoms with E-state index in [0.717, 1.165) is 35.7 Å². The van der Waals surface area contributed by atoms with Crippen molar-refractivity contribution in [2.45, 2.75) is 26.4 Å². The van der Waals surface area contributed by atoms with Crippen molar-refractivity contribution in [2.75, 3.05) is 18.5 Å². The minimum Gasteiger partial charge on any atom is -0.489 e. The number of ether oxygens (including phenoxy) is 1. The molecule has 4 heteroatoms. The SMILES string of the molecule is CCCNc1ccc(COc2ccc(CCO)cc2)cn1. The number of aromatic nitrogens is 1. The van der Waals surface area contributed by atoms with E-state index >= 15 is 0 Å². The van der Waals surface area contributed by atoms with Gasteiger partial charge in [0, 0.05) is 24.9 Å². The summed E-state index contributed by atoms with van der Waals surface area (Å²) >= 11 is 0. The summed E-state index contributed by atoms with van der Waals surface area (Å²) in [4.78, 5) is 4.35. The van der Waals surface area contributed by atoms with Crippen molar-refractivity contribution in [3.63, 3.8) is 0 Å². The van der Waals surface area contributed by atoms with Gasteiger partial charge in [-0.3, -0.25) is 0 Å². The number of hydrogen-bond donors (Lipinski definition) is 2. The molecular formula is C17H22N2O2. The van der Waals surface area contributed by atoms with Crippen LogP contribution in [0.4, 0.5) is 5.82 Å². The lowest BCUT2D eigenvalue weighted by molar-refractivity contribution is 0.298. The first kappa shape index (κ1) is 15.3. The van der Waals surface area contributed by atoms with Gasteiger partial charge in [0.05, 0.1) is 0 Å². The zero-order chi connectivity index (χ0) is 14.9. The van der Waals surface area contributed by atoms with Gasteiger partial charge in [-0.15, -0.1) is 0 Å². The number of nitrogens with one attached hydrogen (secondary N) is 1. The van der Waals surface area contributed by atoms with Gasteiger partial charge in [-0.1, -0.05) is 25.1 Å². The topological polar surface area (TPSA) is 54.4 Å². The van der Waals surface area contributed by atoms with E-state index in [-0.39, 0.29) is 6.61 Å². The number of hydrogen-bond acceptors (Lipinski definition) is 4. The molecule has 1 aromatic carbocycles. The molecule has 21 heavy (non-hydrogen) atoms. The zero-order valence-electron chi connectivity index (χ0n) is 12.4. The highest BCUT2D eigenvalue weighted by Crippen LogP contribution is 2.15. The molecule has 0 fully saturated rings. The number of nitrogens with zero attached hydrogens (tertiary/aromatic N) is 1. The molecule has 0 saturated heterocycles. The smallest absolute Gasteiger partial charge is 0.125 e. The summed E-state index contributed by atoms with van der Waals surface area (Å²) in [6, 6.07) is 11.8. The predicted molar refractivity (Wildman–Crippen MR) is 84.6 cm³/mol. The fourth-order valence-corrected chi connectivity index (χ4v) is 1.92. The zero-order valence-corrected chi connectivity index (χ0v) is 12.4. The Labute approximate surface area is 125 Å². The molecule has 0 aliphatic heterocycles. The minimum absolute atomic E-state index is 0.171. The standard InChI is InChI=1S/C17H22N2O2/c1-2-10-18-17-8-5-15(12-19-17)13-21-16-6-3-14(4-7-16)9-11-20/h3-8,12,20H,2,9-11,13H2,1H3,(H,18,19). The lowest BCUT2D eigenvalue weighted by Crippen LogP contribution is -2.02. The summed E-state index contributed by atoms with van der Waals surface area (Å²) in [5, 5.41) is 12.1. The molecule has 0 unspecified atom stereocenters. The maximum atomic E-state index is 8.87. The molecule has 2 N–H and O–H groups in total. The van der Waals surface area contributed by atoms with E-state index in [2.05, 4.69) is 17.2 Å². The highest BCUT2D eigenvalue weighted by atomic mass is 16.5. The average Bonchev–Trinajstić information content (AvgIpc) is 2.53. The van der Waals surface area contributed by atoms with E-state index in [1.54, 1.807) is 0 Å². The van der Waals surface area contributed by atoms with E-state index in [4.69, 9.17) is 9.84 Å². The summed E-state index contributed by atoms with van der Waals surface area (Å²) < 4.78 is 5.72. The van der Waals surface area contributed by atoms with E-state index < -0.39 is 0 Å². The van der Waals surface area contributed by atoms with E-state index in [1.807, 2.05) is 42.6 Å². The number of aliphatic hydroxyl groups excluding tert-OH is 1. The molecule has 1 heterocycles. The Morgan fingerprint density at radius 1 is 1.10 bits per heavy atom. The normalized spacial score (nSPS) is 10.4. The molecule has 0 bridgehead atoms. The molecule has 0 radical (unpaired) electrons.